The minimum Gasteiger partial charge on any atom is -0.475 e. The maximum atomic E-state index is 11.6. The quantitative estimate of drug-likeness (QED) is 0.392. The first-order valence-electron chi connectivity index (χ1n) is 9.38. The van der Waals surface area contributed by atoms with Crippen LogP contribution in [0, 0.1) is 6.92 Å². The van der Waals surface area contributed by atoms with Gasteiger partial charge in [-0.3, -0.25) is 4.79 Å². The molecule has 0 aliphatic rings. The number of carboxylic acids is 1. The first kappa shape index (κ1) is 25.7. The summed E-state index contributed by atoms with van der Waals surface area (Å²) in [7, 11) is 0. The van der Waals surface area contributed by atoms with E-state index in [9.17, 15) is 18.0 Å². The van der Waals surface area contributed by atoms with Gasteiger partial charge in [0.15, 0.2) is 0 Å². The van der Waals surface area contributed by atoms with Gasteiger partial charge in [0, 0.05) is 6.20 Å². The Hall–Kier alpha value is -3.52. The van der Waals surface area contributed by atoms with Crippen LogP contribution >= 0.6 is 11.3 Å². The fraction of sp³-hybridized carbons (Fsp3) is 0.316. The van der Waals surface area contributed by atoms with E-state index in [-0.39, 0.29) is 6.10 Å². The number of nitrogens with one attached hydrogen (secondary N) is 1. The van der Waals surface area contributed by atoms with Gasteiger partial charge in [-0.25, -0.2) is 19.7 Å². The highest BCUT2D eigenvalue weighted by Gasteiger charge is 2.38. The number of anilines is 2. The monoisotopic (exact) mass is 486 g/mol. The van der Waals surface area contributed by atoms with E-state index in [4.69, 9.17) is 26.1 Å². The molecule has 0 saturated carbocycles. The SMILES string of the molecule is Cc1c(C(N)=O)sc2ncnc(Nc3cccnc3OC(C)CCN)c12.O=C(O)C(F)(F)F. The number of nitrogens with two attached hydrogens (primary N) is 2. The molecule has 6 N–H and O–H groups in total. The van der Waals surface area contributed by atoms with E-state index in [1.54, 1.807) is 12.3 Å². The van der Waals surface area contributed by atoms with E-state index >= 15 is 0 Å². The standard InChI is InChI=1S/C17H20N6O2S.C2HF3O2/c1-9(5-6-18)25-16-11(4-3-7-20-16)23-15-12-10(2)13(14(19)24)26-17(12)22-8-21-15;3-2(4,5)1(6)7/h3-4,7-9H,5-6,18H2,1-2H3,(H2,19,24)(H,21,22,23);(H,6,7). The third-order valence-corrected chi connectivity index (χ3v) is 5.32. The summed E-state index contributed by atoms with van der Waals surface area (Å²) >= 11 is 1.25. The van der Waals surface area contributed by atoms with Gasteiger partial charge in [-0.2, -0.15) is 13.2 Å². The zero-order valence-corrected chi connectivity index (χ0v) is 18.3. The van der Waals surface area contributed by atoms with Crippen LogP contribution < -0.4 is 21.5 Å². The Kier molecular flexibility index (Phi) is 8.48. The second-order valence-corrected chi connectivity index (χ2v) is 7.61. The average Bonchev–Trinajstić information content (AvgIpc) is 3.07. The number of carboxylic acid groups (broad SMARTS) is 1. The van der Waals surface area contributed by atoms with Crippen LogP contribution in [0.4, 0.5) is 24.7 Å². The zero-order chi connectivity index (χ0) is 24.8. The Morgan fingerprint density at radius 2 is 1.97 bits per heavy atom. The van der Waals surface area contributed by atoms with E-state index in [0.29, 0.717) is 33.6 Å². The van der Waals surface area contributed by atoms with E-state index in [1.807, 2.05) is 19.9 Å². The minimum absolute atomic E-state index is 0.0646. The number of amides is 1. The molecular formula is C19H21F3N6O4S. The van der Waals surface area contributed by atoms with Crippen LogP contribution in [0.5, 0.6) is 5.88 Å². The van der Waals surface area contributed by atoms with Crippen molar-refractivity contribution in [1.82, 2.24) is 15.0 Å². The lowest BCUT2D eigenvalue weighted by Gasteiger charge is -2.16. The van der Waals surface area contributed by atoms with Crippen molar-refractivity contribution < 1.29 is 32.6 Å². The van der Waals surface area contributed by atoms with E-state index in [2.05, 4.69) is 20.3 Å². The largest absolute Gasteiger partial charge is 0.490 e. The Labute approximate surface area is 189 Å². The van der Waals surface area contributed by atoms with Crippen molar-refractivity contribution >= 4 is 44.9 Å². The summed E-state index contributed by atoms with van der Waals surface area (Å²) in [5.74, 6) is -2.20. The third-order valence-electron chi connectivity index (χ3n) is 4.10. The molecule has 1 unspecified atom stereocenters. The first-order chi connectivity index (χ1) is 15.5. The fourth-order valence-corrected chi connectivity index (χ4v) is 3.59. The van der Waals surface area contributed by atoms with Gasteiger partial charge in [0.05, 0.1) is 16.4 Å². The number of nitrogens with zero attached hydrogens (tertiary/aromatic N) is 3. The van der Waals surface area contributed by atoms with Crippen molar-refractivity contribution in [3.63, 3.8) is 0 Å². The summed E-state index contributed by atoms with van der Waals surface area (Å²) < 4.78 is 37.6. The van der Waals surface area contributed by atoms with Gasteiger partial charge in [0.2, 0.25) is 5.88 Å². The molecule has 3 aromatic rings. The third kappa shape index (κ3) is 6.73. The van der Waals surface area contributed by atoms with Gasteiger partial charge < -0.3 is 26.6 Å². The van der Waals surface area contributed by atoms with Crippen molar-refractivity contribution in [3.05, 3.63) is 35.1 Å². The number of ether oxygens (including phenoxy) is 1. The molecule has 14 heteroatoms. The van der Waals surface area contributed by atoms with Crippen LogP contribution in [0.1, 0.15) is 28.6 Å². The van der Waals surface area contributed by atoms with Crippen LogP contribution in [0.15, 0.2) is 24.7 Å². The number of halogens is 3. The predicted molar refractivity (Wildman–Crippen MR) is 116 cm³/mol. The summed E-state index contributed by atoms with van der Waals surface area (Å²) in [6, 6.07) is 3.65. The van der Waals surface area contributed by atoms with Gasteiger partial charge in [-0.05, 0) is 44.5 Å². The van der Waals surface area contributed by atoms with Gasteiger partial charge in [0.25, 0.3) is 5.91 Å². The lowest BCUT2D eigenvalue weighted by Crippen LogP contribution is -2.21. The number of hydrogen-bond acceptors (Lipinski definition) is 9. The highest BCUT2D eigenvalue weighted by molar-refractivity contribution is 7.20. The lowest BCUT2D eigenvalue weighted by molar-refractivity contribution is -0.192. The molecule has 0 spiro atoms. The molecule has 33 heavy (non-hydrogen) atoms. The van der Waals surface area contributed by atoms with Gasteiger partial charge >= 0.3 is 12.1 Å². The van der Waals surface area contributed by atoms with Crippen molar-refractivity contribution in [2.24, 2.45) is 11.5 Å². The maximum Gasteiger partial charge on any atom is 0.490 e. The maximum absolute atomic E-state index is 11.6. The Balaban J connectivity index is 0.000000479. The number of aliphatic carboxylic acids is 1. The topological polar surface area (TPSA) is 166 Å². The van der Waals surface area contributed by atoms with Gasteiger partial charge in [-0.15, -0.1) is 11.3 Å². The molecule has 178 valence electrons. The molecular weight excluding hydrogens is 465 g/mol. The van der Waals surface area contributed by atoms with Gasteiger partial charge in [0.1, 0.15) is 22.7 Å². The molecule has 3 rings (SSSR count). The Morgan fingerprint density at radius 3 is 2.55 bits per heavy atom. The van der Waals surface area contributed by atoms with Crippen LogP contribution in [-0.2, 0) is 4.79 Å². The van der Waals surface area contributed by atoms with Crippen molar-refractivity contribution in [1.29, 1.82) is 0 Å². The van der Waals surface area contributed by atoms with E-state index < -0.39 is 18.1 Å². The van der Waals surface area contributed by atoms with Crippen LogP contribution in [-0.4, -0.2) is 50.8 Å². The second kappa shape index (κ2) is 10.9. The molecule has 0 radical (unpaired) electrons. The van der Waals surface area contributed by atoms with Crippen LogP contribution in [0.25, 0.3) is 10.2 Å². The Bertz CT molecular complexity index is 1140. The van der Waals surface area contributed by atoms with E-state index in [1.165, 1.54) is 17.7 Å². The molecule has 0 saturated heterocycles. The Morgan fingerprint density at radius 1 is 1.30 bits per heavy atom. The smallest absolute Gasteiger partial charge is 0.475 e. The number of hydrogen-bond donors (Lipinski definition) is 4. The molecule has 0 aliphatic heterocycles. The van der Waals surface area contributed by atoms with Crippen molar-refractivity contribution in [2.45, 2.75) is 32.5 Å². The molecule has 0 fully saturated rings. The molecule has 3 heterocycles. The lowest BCUT2D eigenvalue weighted by atomic mass is 10.2. The van der Waals surface area contributed by atoms with Crippen LogP contribution in [0.2, 0.25) is 0 Å². The molecule has 10 nitrogen and oxygen atoms in total. The zero-order valence-electron chi connectivity index (χ0n) is 17.5. The number of aromatic nitrogens is 3. The molecule has 3 aromatic heterocycles. The number of pyridine rings is 1. The number of primary amides is 1. The summed E-state index contributed by atoms with van der Waals surface area (Å²) in [4.78, 5) is 34.5. The fourth-order valence-electron chi connectivity index (χ4n) is 2.59. The summed E-state index contributed by atoms with van der Waals surface area (Å²) in [6.07, 6.45) is -1.32. The predicted octanol–water partition coefficient (Wildman–Crippen LogP) is 2.99. The highest BCUT2D eigenvalue weighted by atomic mass is 32.1. The molecule has 1 amide bonds. The number of carbonyl (C=O) groups excluding carboxylic acids is 1. The van der Waals surface area contributed by atoms with Gasteiger partial charge in [-0.1, -0.05) is 0 Å². The van der Waals surface area contributed by atoms with Crippen molar-refractivity contribution in [3.8, 4) is 5.88 Å². The summed E-state index contributed by atoms with van der Waals surface area (Å²) in [5, 5.41) is 11.1. The molecule has 0 bridgehead atoms. The number of rotatable bonds is 7. The summed E-state index contributed by atoms with van der Waals surface area (Å²) in [6.45, 7) is 4.31. The number of thiophene rings is 1. The summed E-state index contributed by atoms with van der Waals surface area (Å²) in [5.41, 5.74) is 12.5. The van der Waals surface area contributed by atoms with Crippen LogP contribution in [0.3, 0.4) is 0 Å². The number of aryl methyl sites for hydroxylation is 1. The molecule has 0 aromatic carbocycles. The van der Waals surface area contributed by atoms with Crippen molar-refractivity contribution in [2.75, 3.05) is 11.9 Å². The number of alkyl halides is 3. The highest BCUT2D eigenvalue weighted by Crippen LogP contribution is 2.35. The normalized spacial score (nSPS) is 11.9. The number of carbonyl (C=O) groups is 2. The first-order valence-corrected chi connectivity index (χ1v) is 10.2. The average molecular weight is 486 g/mol. The second-order valence-electron chi connectivity index (χ2n) is 6.61. The molecule has 0 aliphatic carbocycles. The minimum atomic E-state index is -5.08. The van der Waals surface area contributed by atoms with E-state index in [0.717, 1.165) is 17.4 Å². The number of fused-ring (bicyclic) bond motifs is 1. The molecule has 1 atom stereocenters.